The van der Waals surface area contributed by atoms with E-state index in [2.05, 4.69) is 14.9 Å². The standard InChI is InChI=1S/C23H24F3N3O2/c1-16-21(28-22(31-16)18-4-6-19(7-5-18)23(24,25)26)14-29-11-8-20(9-12-29)30-15-17-3-2-10-27-13-17/h2-7,10,13,20H,8-9,11-12,14-15H2,1H3. The summed E-state index contributed by atoms with van der Waals surface area (Å²) in [4.78, 5) is 10.9. The molecule has 1 aromatic carbocycles. The first-order valence-electron chi connectivity index (χ1n) is 10.3. The van der Waals surface area contributed by atoms with Gasteiger partial charge in [-0.05, 0) is 55.7 Å². The van der Waals surface area contributed by atoms with Crippen LogP contribution in [0.2, 0.25) is 0 Å². The van der Waals surface area contributed by atoms with E-state index in [-0.39, 0.29) is 6.10 Å². The Balaban J connectivity index is 1.31. The van der Waals surface area contributed by atoms with Crippen molar-refractivity contribution >= 4 is 0 Å². The predicted octanol–water partition coefficient (Wildman–Crippen LogP) is 5.25. The van der Waals surface area contributed by atoms with Crippen LogP contribution in [0.3, 0.4) is 0 Å². The van der Waals surface area contributed by atoms with Gasteiger partial charge in [0.15, 0.2) is 0 Å². The Bertz CT molecular complexity index is 980. The van der Waals surface area contributed by atoms with E-state index in [1.807, 2.05) is 25.3 Å². The van der Waals surface area contributed by atoms with Crippen molar-refractivity contribution in [2.45, 2.75) is 45.2 Å². The molecular weight excluding hydrogens is 407 g/mol. The van der Waals surface area contributed by atoms with Crippen LogP contribution in [0.5, 0.6) is 0 Å². The zero-order valence-electron chi connectivity index (χ0n) is 17.2. The van der Waals surface area contributed by atoms with Crippen molar-refractivity contribution in [2.24, 2.45) is 0 Å². The number of ether oxygens (including phenoxy) is 1. The van der Waals surface area contributed by atoms with Gasteiger partial charge in [-0.1, -0.05) is 6.07 Å². The SMILES string of the molecule is Cc1oc(-c2ccc(C(F)(F)F)cc2)nc1CN1CCC(OCc2cccnc2)CC1. The highest BCUT2D eigenvalue weighted by molar-refractivity contribution is 5.54. The molecule has 4 rings (SSSR count). The maximum absolute atomic E-state index is 12.8. The van der Waals surface area contributed by atoms with Crippen molar-refractivity contribution in [1.82, 2.24) is 14.9 Å². The van der Waals surface area contributed by atoms with Gasteiger partial charge in [0.2, 0.25) is 5.89 Å². The molecule has 1 aliphatic heterocycles. The lowest BCUT2D eigenvalue weighted by Gasteiger charge is -2.31. The lowest BCUT2D eigenvalue weighted by atomic mass is 10.1. The Morgan fingerprint density at radius 2 is 1.87 bits per heavy atom. The first-order valence-corrected chi connectivity index (χ1v) is 10.3. The predicted molar refractivity (Wildman–Crippen MR) is 109 cm³/mol. The summed E-state index contributed by atoms with van der Waals surface area (Å²) in [5, 5.41) is 0. The molecule has 3 aromatic rings. The second-order valence-corrected chi connectivity index (χ2v) is 7.74. The molecule has 1 aliphatic rings. The number of benzene rings is 1. The van der Waals surface area contributed by atoms with Crippen molar-refractivity contribution in [2.75, 3.05) is 13.1 Å². The number of likely N-dealkylation sites (tertiary alicyclic amines) is 1. The number of alkyl halides is 3. The maximum atomic E-state index is 12.8. The van der Waals surface area contributed by atoms with Crippen molar-refractivity contribution in [1.29, 1.82) is 0 Å². The van der Waals surface area contributed by atoms with E-state index in [4.69, 9.17) is 9.15 Å². The fourth-order valence-corrected chi connectivity index (χ4v) is 3.64. The molecule has 5 nitrogen and oxygen atoms in total. The number of rotatable bonds is 6. The lowest BCUT2D eigenvalue weighted by molar-refractivity contribution is -0.137. The smallest absolute Gasteiger partial charge is 0.416 e. The highest BCUT2D eigenvalue weighted by Crippen LogP contribution is 2.31. The van der Waals surface area contributed by atoms with Gasteiger partial charge in [-0.2, -0.15) is 13.2 Å². The molecule has 0 bridgehead atoms. The molecule has 1 fully saturated rings. The van der Waals surface area contributed by atoms with E-state index in [0.717, 1.165) is 49.3 Å². The third-order valence-electron chi connectivity index (χ3n) is 5.47. The summed E-state index contributed by atoms with van der Waals surface area (Å²) in [5.74, 6) is 1.03. The van der Waals surface area contributed by atoms with E-state index in [1.54, 1.807) is 6.20 Å². The average molecular weight is 431 g/mol. The normalized spacial score (nSPS) is 16.0. The minimum Gasteiger partial charge on any atom is -0.441 e. The van der Waals surface area contributed by atoms with Crippen LogP contribution in [0.15, 0.2) is 53.2 Å². The Hall–Kier alpha value is -2.71. The van der Waals surface area contributed by atoms with Gasteiger partial charge in [-0.25, -0.2) is 4.98 Å². The summed E-state index contributed by atoms with van der Waals surface area (Å²) in [6.45, 7) is 4.82. The summed E-state index contributed by atoms with van der Waals surface area (Å²) in [7, 11) is 0. The lowest BCUT2D eigenvalue weighted by Crippen LogP contribution is -2.36. The molecule has 0 radical (unpaired) electrons. The first kappa shape index (κ1) is 21.5. The third kappa shape index (κ3) is 5.51. The summed E-state index contributed by atoms with van der Waals surface area (Å²) in [5.41, 5.74) is 1.72. The summed E-state index contributed by atoms with van der Waals surface area (Å²) >= 11 is 0. The van der Waals surface area contributed by atoms with Crippen LogP contribution in [-0.4, -0.2) is 34.1 Å². The maximum Gasteiger partial charge on any atom is 0.416 e. The van der Waals surface area contributed by atoms with Crippen LogP contribution in [0.4, 0.5) is 13.2 Å². The van der Waals surface area contributed by atoms with Crippen molar-refractivity contribution in [3.05, 3.63) is 71.4 Å². The number of oxazole rings is 1. The van der Waals surface area contributed by atoms with Gasteiger partial charge in [-0.15, -0.1) is 0 Å². The fraction of sp³-hybridized carbons (Fsp3) is 0.391. The van der Waals surface area contributed by atoms with Crippen LogP contribution in [0.25, 0.3) is 11.5 Å². The van der Waals surface area contributed by atoms with Crippen LogP contribution < -0.4 is 0 Å². The van der Waals surface area contributed by atoms with Gasteiger partial charge < -0.3 is 9.15 Å². The molecule has 0 amide bonds. The van der Waals surface area contributed by atoms with E-state index < -0.39 is 11.7 Å². The molecule has 8 heteroatoms. The first-order chi connectivity index (χ1) is 14.9. The molecule has 0 spiro atoms. The van der Waals surface area contributed by atoms with Gasteiger partial charge in [-0.3, -0.25) is 9.88 Å². The second kappa shape index (κ2) is 9.20. The second-order valence-electron chi connectivity index (χ2n) is 7.74. The zero-order chi connectivity index (χ0) is 21.8. The molecule has 3 heterocycles. The topological polar surface area (TPSA) is 51.4 Å². The zero-order valence-corrected chi connectivity index (χ0v) is 17.2. The minimum atomic E-state index is -4.36. The number of pyridine rings is 1. The Morgan fingerprint density at radius 1 is 1.13 bits per heavy atom. The number of aromatic nitrogens is 2. The molecule has 0 atom stereocenters. The number of aryl methyl sites for hydroxylation is 1. The molecular formula is C23H24F3N3O2. The highest BCUT2D eigenvalue weighted by atomic mass is 19.4. The monoisotopic (exact) mass is 431 g/mol. The molecule has 1 saturated heterocycles. The molecule has 31 heavy (non-hydrogen) atoms. The number of piperidine rings is 1. The quantitative estimate of drug-likeness (QED) is 0.534. The molecule has 0 unspecified atom stereocenters. The molecule has 2 aromatic heterocycles. The number of halogens is 3. The number of hydrogen-bond acceptors (Lipinski definition) is 5. The highest BCUT2D eigenvalue weighted by Gasteiger charge is 2.30. The minimum absolute atomic E-state index is 0.220. The van der Waals surface area contributed by atoms with Gasteiger partial charge >= 0.3 is 6.18 Å². The molecule has 0 aliphatic carbocycles. The Kier molecular flexibility index (Phi) is 6.38. The van der Waals surface area contributed by atoms with Crippen LogP contribution in [-0.2, 0) is 24.1 Å². The summed E-state index contributed by atoms with van der Waals surface area (Å²) in [6, 6.07) is 8.78. The van der Waals surface area contributed by atoms with E-state index in [0.29, 0.717) is 30.4 Å². The Morgan fingerprint density at radius 3 is 2.52 bits per heavy atom. The van der Waals surface area contributed by atoms with Crippen molar-refractivity contribution in [3.8, 4) is 11.5 Å². The molecule has 0 N–H and O–H groups in total. The van der Waals surface area contributed by atoms with Gasteiger partial charge in [0.25, 0.3) is 0 Å². The largest absolute Gasteiger partial charge is 0.441 e. The third-order valence-corrected chi connectivity index (χ3v) is 5.47. The summed E-state index contributed by atoms with van der Waals surface area (Å²) in [6.07, 6.45) is 1.29. The fourth-order valence-electron chi connectivity index (χ4n) is 3.64. The number of hydrogen-bond donors (Lipinski definition) is 0. The van der Waals surface area contributed by atoms with Crippen LogP contribution >= 0.6 is 0 Å². The van der Waals surface area contributed by atoms with Crippen LogP contribution in [0.1, 0.15) is 35.4 Å². The summed E-state index contributed by atoms with van der Waals surface area (Å²) < 4.78 is 50.0. The average Bonchev–Trinajstić information content (AvgIpc) is 3.14. The van der Waals surface area contributed by atoms with Crippen molar-refractivity contribution < 1.29 is 22.3 Å². The number of nitrogens with zero attached hydrogens (tertiary/aromatic N) is 3. The van der Waals surface area contributed by atoms with E-state index in [9.17, 15) is 13.2 Å². The van der Waals surface area contributed by atoms with Gasteiger partial charge in [0, 0.05) is 37.6 Å². The molecule has 164 valence electrons. The van der Waals surface area contributed by atoms with Crippen molar-refractivity contribution in [3.63, 3.8) is 0 Å². The van der Waals surface area contributed by atoms with Gasteiger partial charge in [0.05, 0.1) is 24.0 Å². The Labute approximate surface area is 178 Å². The van der Waals surface area contributed by atoms with Gasteiger partial charge in [0.1, 0.15) is 5.76 Å². The van der Waals surface area contributed by atoms with Crippen LogP contribution in [0, 0.1) is 6.92 Å². The van der Waals surface area contributed by atoms with E-state index in [1.165, 1.54) is 12.1 Å². The molecule has 0 saturated carbocycles. The van der Waals surface area contributed by atoms with E-state index >= 15 is 0 Å².